The second-order valence-corrected chi connectivity index (χ2v) is 7.55. The molecular formula is C23H22N6O2. The number of rotatable bonds is 5. The van der Waals surface area contributed by atoms with Crippen molar-refractivity contribution in [3.63, 3.8) is 0 Å². The van der Waals surface area contributed by atoms with Crippen LogP contribution in [0.4, 0.5) is 10.6 Å². The lowest BCUT2D eigenvalue weighted by atomic mass is 10.1. The molecule has 4 heterocycles. The van der Waals surface area contributed by atoms with E-state index in [9.17, 15) is 9.90 Å². The number of fused-ring (bicyclic) bond motifs is 2. The molecule has 1 aliphatic rings. The third-order valence-electron chi connectivity index (χ3n) is 5.61. The van der Waals surface area contributed by atoms with Gasteiger partial charge < -0.3 is 20.3 Å². The maximum atomic E-state index is 11.5. The zero-order valence-electron chi connectivity index (χ0n) is 16.9. The van der Waals surface area contributed by atoms with E-state index >= 15 is 0 Å². The number of carboxylic acid groups (broad SMARTS) is 1. The van der Waals surface area contributed by atoms with Crippen LogP contribution in [0.25, 0.3) is 22.3 Å². The second-order valence-electron chi connectivity index (χ2n) is 7.55. The second kappa shape index (κ2) is 8.06. The van der Waals surface area contributed by atoms with Crippen LogP contribution in [0.15, 0.2) is 55.0 Å². The summed E-state index contributed by atoms with van der Waals surface area (Å²) in [5.74, 6) is 1.29. The van der Waals surface area contributed by atoms with Gasteiger partial charge >= 0.3 is 6.09 Å². The van der Waals surface area contributed by atoms with Crippen LogP contribution in [-0.2, 0) is 19.4 Å². The average molecular weight is 414 g/mol. The van der Waals surface area contributed by atoms with Crippen LogP contribution < -0.4 is 5.32 Å². The molecule has 31 heavy (non-hydrogen) atoms. The standard InChI is InChI=1S/C23H22N6O2/c30-23(31)29-11-8-20-18(14-29)22(28-21(27-20)16-4-3-9-24-12-16)25-10-7-15-13-26-19-6-2-1-5-17(15)19/h1-6,9,12-13,26H,7-8,10-11,14H2,(H,30,31)(H,25,27,28). The number of H-pyrrole nitrogens is 1. The number of para-hydroxylation sites is 1. The first-order valence-electron chi connectivity index (χ1n) is 10.3. The fraction of sp³-hybridized carbons (Fsp3) is 0.217. The molecule has 0 fully saturated rings. The molecule has 156 valence electrons. The van der Waals surface area contributed by atoms with Crippen LogP contribution in [0.2, 0.25) is 0 Å². The van der Waals surface area contributed by atoms with E-state index in [4.69, 9.17) is 9.97 Å². The molecule has 4 aromatic rings. The number of pyridine rings is 1. The zero-order valence-corrected chi connectivity index (χ0v) is 16.9. The minimum absolute atomic E-state index is 0.285. The molecule has 0 unspecified atom stereocenters. The van der Waals surface area contributed by atoms with Gasteiger partial charge in [0, 0.05) is 60.1 Å². The normalized spacial score (nSPS) is 13.2. The van der Waals surface area contributed by atoms with Crippen molar-refractivity contribution in [1.82, 2.24) is 24.8 Å². The van der Waals surface area contributed by atoms with Gasteiger partial charge in [0.15, 0.2) is 5.82 Å². The summed E-state index contributed by atoms with van der Waals surface area (Å²) in [5, 5.41) is 14.1. The lowest BCUT2D eigenvalue weighted by Gasteiger charge is -2.27. The molecule has 8 heteroatoms. The van der Waals surface area contributed by atoms with Crippen molar-refractivity contribution in [3.05, 3.63) is 71.8 Å². The summed E-state index contributed by atoms with van der Waals surface area (Å²) in [6.45, 7) is 1.39. The number of carbonyl (C=O) groups is 1. The Hall–Kier alpha value is -3.94. The summed E-state index contributed by atoms with van der Waals surface area (Å²) in [6, 6.07) is 12.0. The molecule has 1 amide bonds. The van der Waals surface area contributed by atoms with Gasteiger partial charge in [-0.3, -0.25) is 4.98 Å². The number of aromatic nitrogens is 4. The lowest BCUT2D eigenvalue weighted by Crippen LogP contribution is -2.36. The Morgan fingerprint density at radius 3 is 2.94 bits per heavy atom. The third-order valence-corrected chi connectivity index (χ3v) is 5.61. The molecule has 0 bridgehead atoms. The highest BCUT2D eigenvalue weighted by Gasteiger charge is 2.25. The van der Waals surface area contributed by atoms with Gasteiger partial charge in [-0.25, -0.2) is 14.8 Å². The van der Waals surface area contributed by atoms with Gasteiger partial charge in [0.1, 0.15) is 5.82 Å². The predicted octanol–water partition coefficient (Wildman–Crippen LogP) is 3.71. The Morgan fingerprint density at radius 1 is 1.19 bits per heavy atom. The Labute approximate surface area is 179 Å². The number of anilines is 1. The highest BCUT2D eigenvalue weighted by molar-refractivity contribution is 5.83. The van der Waals surface area contributed by atoms with Crippen molar-refractivity contribution in [2.75, 3.05) is 18.4 Å². The molecule has 1 aromatic carbocycles. The number of nitrogens with zero attached hydrogens (tertiary/aromatic N) is 4. The van der Waals surface area contributed by atoms with Crippen LogP contribution in [0.3, 0.4) is 0 Å². The molecule has 3 aromatic heterocycles. The minimum Gasteiger partial charge on any atom is -0.465 e. The number of aromatic amines is 1. The van der Waals surface area contributed by atoms with Crippen molar-refractivity contribution < 1.29 is 9.90 Å². The Balaban J connectivity index is 1.43. The third kappa shape index (κ3) is 3.79. The largest absolute Gasteiger partial charge is 0.465 e. The van der Waals surface area contributed by atoms with Crippen LogP contribution in [-0.4, -0.2) is 49.1 Å². The monoisotopic (exact) mass is 414 g/mol. The van der Waals surface area contributed by atoms with Crippen LogP contribution in [0.5, 0.6) is 0 Å². The first-order chi connectivity index (χ1) is 15.2. The maximum Gasteiger partial charge on any atom is 0.407 e. The van der Waals surface area contributed by atoms with Crippen molar-refractivity contribution in [2.45, 2.75) is 19.4 Å². The van der Waals surface area contributed by atoms with Gasteiger partial charge in [-0.1, -0.05) is 18.2 Å². The summed E-state index contributed by atoms with van der Waals surface area (Å²) >= 11 is 0. The van der Waals surface area contributed by atoms with E-state index in [1.54, 1.807) is 12.4 Å². The van der Waals surface area contributed by atoms with Crippen molar-refractivity contribution >= 4 is 22.8 Å². The lowest BCUT2D eigenvalue weighted by molar-refractivity contribution is 0.139. The molecule has 0 radical (unpaired) electrons. The van der Waals surface area contributed by atoms with Gasteiger partial charge in [0.25, 0.3) is 0 Å². The molecule has 8 nitrogen and oxygen atoms in total. The highest BCUT2D eigenvalue weighted by Crippen LogP contribution is 2.27. The molecular weight excluding hydrogens is 392 g/mol. The molecule has 0 saturated heterocycles. The molecule has 0 spiro atoms. The van der Waals surface area contributed by atoms with Crippen molar-refractivity contribution in [3.8, 4) is 11.4 Å². The zero-order chi connectivity index (χ0) is 21.2. The predicted molar refractivity (Wildman–Crippen MR) is 118 cm³/mol. The van der Waals surface area contributed by atoms with Crippen LogP contribution in [0, 0.1) is 0 Å². The summed E-state index contributed by atoms with van der Waals surface area (Å²) in [6.07, 6.45) is 5.94. The topological polar surface area (TPSA) is 107 Å². The van der Waals surface area contributed by atoms with E-state index in [0.717, 1.165) is 28.8 Å². The summed E-state index contributed by atoms with van der Waals surface area (Å²) in [4.78, 5) is 29.9. The Kier molecular flexibility index (Phi) is 4.95. The van der Waals surface area contributed by atoms with Gasteiger partial charge in [-0.2, -0.15) is 0 Å². The minimum atomic E-state index is -0.924. The van der Waals surface area contributed by atoms with E-state index in [1.165, 1.54) is 15.8 Å². The van der Waals surface area contributed by atoms with Gasteiger partial charge in [-0.05, 0) is 30.2 Å². The fourth-order valence-electron chi connectivity index (χ4n) is 4.00. The first-order valence-corrected chi connectivity index (χ1v) is 10.3. The highest BCUT2D eigenvalue weighted by atomic mass is 16.4. The van der Waals surface area contributed by atoms with Crippen LogP contribution >= 0.6 is 0 Å². The smallest absolute Gasteiger partial charge is 0.407 e. The average Bonchev–Trinajstić information content (AvgIpc) is 3.22. The number of benzene rings is 1. The summed E-state index contributed by atoms with van der Waals surface area (Å²) in [7, 11) is 0. The molecule has 0 atom stereocenters. The summed E-state index contributed by atoms with van der Waals surface area (Å²) < 4.78 is 0. The number of hydrogen-bond acceptors (Lipinski definition) is 5. The van der Waals surface area contributed by atoms with E-state index in [2.05, 4.69) is 27.4 Å². The van der Waals surface area contributed by atoms with E-state index in [1.807, 2.05) is 30.5 Å². The molecule has 1 aliphatic heterocycles. The fourth-order valence-corrected chi connectivity index (χ4v) is 4.00. The number of amides is 1. The van der Waals surface area contributed by atoms with Crippen LogP contribution in [0.1, 0.15) is 16.8 Å². The van der Waals surface area contributed by atoms with Gasteiger partial charge in [0.2, 0.25) is 0 Å². The summed E-state index contributed by atoms with van der Waals surface area (Å²) in [5.41, 5.74) is 4.92. The van der Waals surface area contributed by atoms with Crippen molar-refractivity contribution in [1.29, 1.82) is 0 Å². The Morgan fingerprint density at radius 2 is 2.10 bits per heavy atom. The molecule has 0 aliphatic carbocycles. The first kappa shape index (κ1) is 19.0. The molecule has 3 N–H and O–H groups in total. The van der Waals surface area contributed by atoms with Gasteiger partial charge in [0.05, 0.1) is 12.2 Å². The molecule has 0 saturated carbocycles. The number of hydrogen-bond donors (Lipinski definition) is 3. The Bertz CT molecular complexity index is 1240. The van der Waals surface area contributed by atoms with E-state index in [0.29, 0.717) is 31.2 Å². The maximum absolute atomic E-state index is 11.5. The molecule has 5 rings (SSSR count). The van der Waals surface area contributed by atoms with Crippen molar-refractivity contribution in [2.24, 2.45) is 0 Å². The SMILES string of the molecule is O=C(O)N1CCc2nc(-c3cccnc3)nc(NCCc3c[nH]c4ccccc34)c2C1. The quantitative estimate of drug-likeness (QED) is 0.460. The number of nitrogens with one attached hydrogen (secondary N) is 2. The van der Waals surface area contributed by atoms with E-state index in [-0.39, 0.29) is 6.54 Å². The van der Waals surface area contributed by atoms with Gasteiger partial charge in [-0.15, -0.1) is 0 Å². The van der Waals surface area contributed by atoms with E-state index < -0.39 is 6.09 Å².